The van der Waals surface area contributed by atoms with Crippen LogP contribution in [0.5, 0.6) is 0 Å². The molecule has 4 heterocycles. The van der Waals surface area contributed by atoms with Gasteiger partial charge in [0.2, 0.25) is 0 Å². The van der Waals surface area contributed by atoms with Gasteiger partial charge in [-0.3, -0.25) is 10.1 Å². The van der Waals surface area contributed by atoms with E-state index in [0.717, 1.165) is 16.5 Å². The number of aryl methyl sites for hydroxylation is 1. The van der Waals surface area contributed by atoms with Crippen LogP contribution in [0.15, 0.2) is 36.1 Å². The zero-order chi connectivity index (χ0) is 28.3. The summed E-state index contributed by atoms with van der Waals surface area (Å²) >= 11 is 8.22. The summed E-state index contributed by atoms with van der Waals surface area (Å²) in [4.78, 5) is 30.0. The van der Waals surface area contributed by atoms with E-state index in [2.05, 4.69) is 20.2 Å². The average Bonchev–Trinajstić information content (AvgIpc) is 3.61. The van der Waals surface area contributed by atoms with Gasteiger partial charge in [-0.1, -0.05) is 38.4 Å². The molecule has 5 aromatic rings. The lowest BCUT2D eigenvalue weighted by atomic mass is 9.84. The first-order valence-electron chi connectivity index (χ1n) is 12.8. The Hall–Kier alpha value is -3.83. The van der Waals surface area contributed by atoms with Gasteiger partial charge >= 0.3 is 6.09 Å². The van der Waals surface area contributed by atoms with Crippen molar-refractivity contribution < 1.29 is 14.3 Å². The molecule has 1 aliphatic heterocycles. The van der Waals surface area contributed by atoms with Crippen molar-refractivity contribution in [1.29, 1.82) is 0 Å². The van der Waals surface area contributed by atoms with Crippen LogP contribution in [0.2, 0.25) is 5.02 Å². The van der Waals surface area contributed by atoms with Crippen molar-refractivity contribution in [3.05, 3.63) is 52.5 Å². The second kappa shape index (κ2) is 9.67. The molecule has 0 bridgehead atoms. The summed E-state index contributed by atoms with van der Waals surface area (Å²) < 4.78 is 16.7. The van der Waals surface area contributed by atoms with Gasteiger partial charge in [-0.05, 0) is 30.0 Å². The summed E-state index contributed by atoms with van der Waals surface area (Å²) in [6, 6.07) is 5.21. The van der Waals surface area contributed by atoms with Crippen LogP contribution in [0.3, 0.4) is 0 Å². The molecule has 2 N–H and O–H groups in total. The molecule has 0 aliphatic carbocycles. The van der Waals surface area contributed by atoms with Gasteiger partial charge in [0.25, 0.3) is 0 Å². The molecule has 0 spiro atoms. The maximum Gasteiger partial charge on any atom is 0.407 e. The number of halogens is 2. The minimum absolute atomic E-state index is 0.140. The number of amides is 1. The number of hydrogen-bond donors (Lipinski definition) is 2. The van der Waals surface area contributed by atoms with Gasteiger partial charge in [0, 0.05) is 47.7 Å². The lowest BCUT2D eigenvalue weighted by Gasteiger charge is -2.46. The summed E-state index contributed by atoms with van der Waals surface area (Å²) in [5.41, 5.74) is 4.01. The summed E-state index contributed by atoms with van der Waals surface area (Å²) in [6.45, 7) is 9.01. The van der Waals surface area contributed by atoms with Crippen molar-refractivity contribution in [3.8, 4) is 21.8 Å². The molecule has 2 aromatic carbocycles. The number of rotatable bonds is 3. The number of anilines is 1. The Bertz CT molecular complexity index is 1770. The number of hydrogen-bond acceptors (Lipinski definition) is 7. The van der Waals surface area contributed by atoms with E-state index < -0.39 is 11.9 Å². The number of carbonyl (C=O) groups is 1. The van der Waals surface area contributed by atoms with Crippen molar-refractivity contribution in [2.45, 2.75) is 33.7 Å². The lowest BCUT2D eigenvalue weighted by molar-refractivity contribution is 0.0747. The molecule has 1 saturated heterocycles. The van der Waals surface area contributed by atoms with Crippen LogP contribution in [0.1, 0.15) is 26.3 Å². The third-order valence-electron chi connectivity index (χ3n) is 7.52. The second-order valence-corrected chi connectivity index (χ2v) is 12.4. The number of benzene rings is 2. The molecule has 1 aliphatic rings. The SMILES string of the molecule is Cc1ccc2[nH]ncc2c1-c1c(Cl)cc2c(N3CCN(C(=O)O)C(C(C)(C)C)C3)nc(-c3cncs3)nc2c1F. The van der Waals surface area contributed by atoms with Gasteiger partial charge in [-0.15, -0.1) is 11.3 Å². The van der Waals surface area contributed by atoms with Crippen molar-refractivity contribution in [1.82, 2.24) is 30.0 Å². The second-order valence-electron chi connectivity index (χ2n) is 11.1. The van der Waals surface area contributed by atoms with Crippen molar-refractivity contribution in [3.63, 3.8) is 0 Å². The van der Waals surface area contributed by atoms with E-state index in [0.29, 0.717) is 40.6 Å². The normalized spacial score (nSPS) is 16.3. The molecule has 1 fully saturated rings. The average molecular weight is 580 g/mol. The quantitative estimate of drug-likeness (QED) is 0.247. The van der Waals surface area contributed by atoms with Crippen LogP contribution in [0.4, 0.5) is 15.0 Å². The van der Waals surface area contributed by atoms with Crippen LogP contribution in [-0.2, 0) is 0 Å². The van der Waals surface area contributed by atoms with Crippen LogP contribution >= 0.6 is 22.9 Å². The highest BCUT2D eigenvalue weighted by Gasteiger charge is 2.39. The molecule has 206 valence electrons. The Kier molecular flexibility index (Phi) is 6.38. The number of fused-ring (bicyclic) bond motifs is 2. The molecule has 1 unspecified atom stereocenters. The summed E-state index contributed by atoms with van der Waals surface area (Å²) in [7, 11) is 0. The summed E-state index contributed by atoms with van der Waals surface area (Å²) in [6.07, 6.45) is 2.36. The van der Waals surface area contributed by atoms with Crippen LogP contribution in [0, 0.1) is 18.2 Å². The third-order valence-corrected chi connectivity index (χ3v) is 8.59. The molecule has 9 nitrogen and oxygen atoms in total. The molecule has 40 heavy (non-hydrogen) atoms. The molecule has 0 radical (unpaired) electrons. The lowest BCUT2D eigenvalue weighted by Crippen LogP contribution is -2.59. The van der Waals surface area contributed by atoms with Gasteiger partial charge in [-0.25, -0.2) is 19.2 Å². The third kappa shape index (κ3) is 4.33. The number of carboxylic acid groups (broad SMARTS) is 1. The number of nitrogens with one attached hydrogen (secondary N) is 1. The van der Waals surface area contributed by atoms with Gasteiger partial charge in [-0.2, -0.15) is 5.10 Å². The highest BCUT2D eigenvalue weighted by molar-refractivity contribution is 7.13. The molecule has 0 saturated carbocycles. The Morgan fingerprint density at radius 2 is 1.98 bits per heavy atom. The van der Waals surface area contributed by atoms with Crippen molar-refractivity contribution in [2.75, 3.05) is 24.5 Å². The number of aromatic nitrogens is 5. The monoisotopic (exact) mass is 579 g/mol. The molecule has 1 atom stereocenters. The fourth-order valence-corrected chi connectivity index (χ4v) is 6.33. The smallest absolute Gasteiger partial charge is 0.407 e. The molecule has 3 aromatic heterocycles. The standard InChI is InChI=1S/C28H27ClFN7O2S/c1-14-5-6-18-16(10-32-35-18)21(14)22-17(29)9-15-24(23(22)30)33-25(19-11-31-13-40-19)34-26(15)36-7-8-37(27(38)39)20(12-36)28(2,3)4/h5-6,9-11,13,20H,7-8,12H2,1-4H3,(H,32,35)(H,38,39). The van der Waals surface area contributed by atoms with E-state index in [1.54, 1.807) is 24.0 Å². The Morgan fingerprint density at radius 3 is 2.67 bits per heavy atom. The highest BCUT2D eigenvalue weighted by Crippen LogP contribution is 2.43. The number of piperazine rings is 1. The first-order valence-corrected chi connectivity index (χ1v) is 14.1. The summed E-state index contributed by atoms with van der Waals surface area (Å²) in [5, 5.41) is 18.4. The van der Waals surface area contributed by atoms with Crippen molar-refractivity contribution >= 4 is 56.7 Å². The minimum atomic E-state index is -0.958. The van der Waals surface area contributed by atoms with Gasteiger partial charge in [0.1, 0.15) is 11.3 Å². The van der Waals surface area contributed by atoms with E-state index in [1.807, 2.05) is 44.7 Å². The topological polar surface area (TPSA) is 111 Å². The van der Waals surface area contributed by atoms with Crippen molar-refractivity contribution in [2.24, 2.45) is 5.41 Å². The summed E-state index contributed by atoms with van der Waals surface area (Å²) in [5.74, 6) is 0.312. The predicted octanol–water partition coefficient (Wildman–Crippen LogP) is 6.61. The largest absolute Gasteiger partial charge is 0.465 e. The number of thiazole rings is 1. The van der Waals surface area contributed by atoms with E-state index in [9.17, 15) is 9.90 Å². The van der Waals surface area contributed by atoms with E-state index >= 15 is 4.39 Å². The van der Waals surface area contributed by atoms with Crippen LogP contribution in [0.25, 0.3) is 43.6 Å². The van der Waals surface area contributed by atoms with E-state index in [-0.39, 0.29) is 34.1 Å². The minimum Gasteiger partial charge on any atom is -0.465 e. The first kappa shape index (κ1) is 26.4. The Balaban J connectivity index is 1.59. The Labute approximate surface area is 238 Å². The van der Waals surface area contributed by atoms with E-state index in [4.69, 9.17) is 16.6 Å². The number of nitrogens with zero attached hydrogens (tertiary/aromatic N) is 6. The molecule has 6 rings (SSSR count). The van der Waals surface area contributed by atoms with Gasteiger partial charge < -0.3 is 14.9 Å². The maximum absolute atomic E-state index is 16.7. The molecular weight excluding hydrogens is 553 g/mol. The van der Waals surface area contributed by atoms with Gasteiger partial charge in [0.05, 0.1) is 33.2 Å². The van der Waals surface area contributed by atoms with E-state index in [1.165, 1.54) is 16.2 Å². The van der Waals surface area contributed by atoms with Gasteiger partial charge in [0.15, 0.2) is 11.6 Å². The number of H-pyrrole nitrogens is 1. The molecule has 12 heteroatoms. The zero-order valence-corrected chi connectivity index (χ0v) is 23.9. The van der Waals surface area contributed by atoms with Crippen LogP contribution < -0.4 is 4.90 Å². The Morgan fingerprint density at radius 1 is 1.18 bits per heavy atom. The zero-order valence-electron chi connectivity index (χ0n) is 22.4. The fraction of sp³-hybridized carbons (Fsp3) is 0.321. The maximum atomic E-state index is 16.7. The molecule has 1 amide bonds. The predicted molar refractivity (Wildman–Crippen MR) is 156 cm³/mol. The van der Waals surface area contributed by atoms with Crippen LogP contribution in [-0.4, -0.2) is 66.9 Å². The molecular formula is C28H27ClFN7O2S. The number of aromatic amines is 1. The fourth-order valence-electron chi connectivity index (χ4n) is 5.49. The highest BCUT2D eigenvalue weighted by atomic mass is 35.5. The first-order chi connectivity index (χ1) is 19.0.